The number of amides is 2. The van der Waals surface area contributed by atoms with Crippen LogP contribution in [0, 0.1) is 5.92 Å². The van der Waals surface area contributed by atoms with Crippen molar-refractivity contribution < 1.29 is 18.0 Å². The molecule has 142 valence electrons. The third kappa shape index (κ3) is 4.40. The van der Waals surface area contributed by atoms with Crippen LogP contribution in [0.1, 0.15) is 32.6 Å². The Hall–Kier alpha value is -1.54. The number of likely N-dealkylation sites (tertiary alicyclic amines) is 1. The quantitative estimate of drug-likeness (QED) is 0.846. The van der Waals surface area contributed by atoms with E-state index in [1.165, 1.54) is 17.8 Å². The zero-order chi connectivity index (χ0) is 18.7. The van der Waals surface area contributed by atoms with E-state index in [0.717, 1.165) is 37.2 Å². The highest BCUT2D eigenvalue weighted by molar-refractivity contribution is 7.99. The minimum absolute atomic E-state index is 0.00242. The zero-order valence-electron chi connectivity index (χ0n) is 14.9. The van der Waals surface area contributed by atoms with E-state index in [4.69, 9.17) is 0 Å². The summed E-state index contributed by atoms with van der Waals surface area (Å²) in [6.45, 7) is 3.29. The van der Waals surface area contributed by atoms with Gasteiger partial charge in [-0.05, 0) is 37.5 Å². The smallest absolute Gasteiger partial charge is 0.228 e. The Kier molecular flexibility index (Phi) is 5.92. The molecule has 1 atom stereocenters. The van der Waals surface area contributed by atoms with Gasteiger partial charge in [-0.3, -0.25) is 9.59 Å². The third-order valence-corrected chi connectivity index (χ3v) is 7.85. The van der Waals surface area contributed by atoms with Gasteiger partial charge in [0.25, 0.3) is 0 Å². The fraction of sp³-hybridized carbons (Fsp3) is 0.556. The monoisotopic (exact) mass is 396 g/mol. The van der Waals surface area contributed by atoms with Gasteiger partial charge in [-0.15, -0.1) is 11.8 Å². The van der Waals surface area contributed by atoms with E-state index < -0.39 is 9.84 Å². The number of hydrogen-bond donors (Lipinski definition) is 1. The topological polar surface area (TPSA) is 83.6 Å². The van der Waals surface area contributed by atoms with Crippen molar-refractivity contribution in [2.45, 2.75) is 42.4 Å². The first-order chi connectivity index (χ1) is 12.4. The maximum Gasteiger partial charge on any atom is 0.228 e. The maximum absolute atomic E-state index is 12.6. The molecule has 0 bridgehead atoms. The molecule has 1 aromatic rings. The van der Waals surface area contributed by atoms with Crippen LogP contribution in [0.4, 0.5) is 5.69 Å². The van der Waals surface area contributed by atoms with Crippen LogP contribution in [0.5, 0.6) is 0 Å². The molecule has 8 heteroatoms. The second-order valence-electron chi connectivity index (χ2n) is 6.87. The SMILES string of the molecule is CC1CSc2ccc(S(=O)(=O)CCC(=O)N3CCCCC3)cc2NC1=O. The Morgan fingerprint density at radius 2 is 2.00 bits per heavy atom. The van der Waals surface area contributed by atoms with Crippen molar-refractivity contribution in [3.05, 3.63) is 18.2 Å². The van der Waals surface area contributed by atoms with E-state index in [1.54, 1.807) is 17.0 Å². The molecule has 6 nitrogen and oxygen atoms in total. The lowest BCUT2D eigenvalue weighted by atomic mass is 10.1. The largest absolute Gasteiger partial charge is 0.343 e. The van der Waals surface area contributed by atoms with E-state index in [-0.39, 0.29) is 34.8 Å². The Labute approximate surface area is 158 Å². The Morgan fingerprint density at radius 3 is 2.73 bits per heavy atom. The molecule has 1 aromatic carbocycles. The molecule has 2 amide bonds. The predicted molar refractivity (Wildman–Crippen MR) is 102 cm³/mol. The van der Waals surface area contributed by atoms with Gasteiger partial charge in [0.1, 0.15) is 0 Å². The second-order valence-corrected chi connectivity index (χ2v) is 10.0. The van der Waals surface area contributed by atoms with E-state index in [2.05, 4.69) is 5.32 Å². The summed E-state index contributed by atoms with van der Waals surface area (Å²) in [5, 5.41) is 2.80. The lowest BCUT2D eigenvalue weighted by Crippen LogP contribution is -2.36. The highest BCUT2D eigenvalue weighted by atomic mass is 32.2. The second kappa shape index (κ2) is 8.00. The fourth-order valence-corrected chi connectivity index (χ4v) is 5.38. The van der Waals surface area contributed by atoms with Crippen LogP contribution in [-0.2, 0) is 19.4 Å². The minimum atomic E-state index is -3.58. The molecule has 2 aliphatic rings. The number of sulfone groups is 1. The number of nitrogens with one attached hydrogen (secondary N) is 1. The number of hydrogen-bond acceptors (Lipinski definition) is 5. The maximum atomic E-state index is 12.6. The van der Waals surface area contributed by atoms with Crippen molar-refractivity contribution in [2.75, 3.05) is 29.9 Å². The summed E-state index contributed by atoms with van der Waals surface area (Å²) in [5.41, 5.74) is 0.535. The number of carbonyl (C=O) groups excluding carboxylic acids is 2. The molecule has 0 aromatic heterocycles. The number of thioether (sulfide) groups is 1. The summed E-state index contributed by atoms with van der Waals surface area (Å²) in [6.07, 6.45) is 3.09. The van der Waals surface area contributed by atoms with E-state index in [1.807, 2.05) is 6.92 Å². The first kappa shape index (κ1) is 19.2. The molecule has 2 aliphatic heterocycles. The van der Waals surface area contributed by atoms with Crippen molar-refractivity contribution in [3.63, 3.8) is 0 Å². The van der Waals surface area contributed by atoms with Crippen LogP contribution in [-0.4, -0.2) is 49.7 Å². The summed E-state index contributed by atoms with van der Waals surface area (Å²) in [7, 11) is -3.58. The summed E-state index contributed by atoms with van der Waals surface area (Å²) >= 11 is 1.54. The number of rotatable bonds is 4. The van der Waals surface area contributed by atoms with E-state index in [0.29, 0.717) is 11.4 Å². The van der Waals surface area contributed by atoms with Crippen LogP contribution in [0.25, 0.3) is 0 Å². The number of fused-ring (bicyclic) bond motifs is 1. The van der Waals surface area contributed by atoms with Gasteiger partial charge >= 0.3 is 0 Å². The molecule has 1 unspecified atom stereocenters. The molecule has 3 rings (SSSR count). The normalized spacial score (nSPS) is 20.9. The van der Waals surface area contributed by atoms with Crippen molar-refractivity contribution in [1.29, 1.82) is 0 Å². The summed E-state index contributed by atoms with van der Waals surface area (Å²) < 4.78 is 25.3. The highest BCUT2D eigenvalue weighted by Gasteiger charge is 2.24. The molecular weight excluding hydrogens is 372 g/mol. The number of benzene rings is 1. The Bertz CT molecular complexity index is 801. The van der Waals surface area contributed by atoms with Crippen LogP contribution in [0.2, 0.25) is 0 Å². The third-order valence-electron chi connectivity index (χ3n) is 4.80. The van der Waals surface area contributed by atoms with Gasteiger partial charge in [0, 0.05) is 36.1 Å². The van der Waals surface area contributed by atoms with Crippen molar-refractivity contribution in [2.24, 2.45) is 5.92 Å². The van der Waals surface area contributed by atoms with Gasteiger partial charge < -0.3 is 10.2 Å². The van der Waals surface area contributed by atoms with Gasteiger partial charge in [0.15, 0.2) is 9.84 Å². The molecule has 0 aliphatic carbocycles. The van der Waals surface area contributed by atoms with Gasteiger partial charge in [0.2, 0.25) is 11.8 Å². The molecule has 1 N–H and O–H groups in total. The molecule has 1 saturated heterocycles. The van der Waals surface area contributed by atoms with Gasteiger partial charge in [0.05, 0.1) is 16.3 Å². The van der Waals surface area contributed by atoms with Crippen LogP contribution in [0.3, 0.4) is 0 Å². The van der Waals surface area contributed by atoms with Crippen LogP contribution < -0.4 is 5.32 Å². The summed E-state index contributed by atoms with van der Waals surface area (Å²) in [6, 6.07) is 4.81. The van der Waals surface area contributed by atoms with Crippen molar-refractivity contribution >= 4 is 39.1 Å². The first-order valence-corrected chi connectivity index (χ1v) is 11.6. The predicted octanol–water partition coefficient (Wildman–Crippen LogP) is 2.54. The average molecular weight is 397 g/mol. The fourth-order valence-electron chi connectivity index (χ4n) is 3.11. The molecule has 26 heavy (non-hydrogen) atoms. The zero-order valence-corrected chi connectivity index (χ0v) is 16.5. The minimum Gasteiger partial charge on any atom is -0.343 e. The van der Waals surface area contributed by atoms with Gasteiger partial charge in [-0.2, -0.15) is 0 Å². The number of nitrogens with zero attached hydrogens (tertiary/aromatic N) is 1. The molecule has 0 radical (unpaired) electrons. The molecule has 1 fully saturated rings. The molecule has 2 heterocycles. The number of carbonyl (C=O) groups is 2. The number of piperidine rings is 1. The Morgan fingerprint density at radius 1 is 1.27 bits per heavy atom. The molecule has 0 saturated carbocycles. The highest BCUT2D eigenvalue weighted by Crippen LogP contribution is 2.34. The molecular formula is C18H24N2O4S2. The van der Waals surface area contributed by atoms with Crippen molar-refractivity contribution in [3.8, 4) is 0 Å². The number of anilines is 1. The van der Waals surface area contributed by atoms with E-state index in [9.17, 15) is 18.0 Å². The molecule has 0 spiro atoms. The first-order valence-electron chi connectivity index (χ1n) is 8.95. The Balaban J connectivity index is 1.70. The van der Waals surface area contributed by atoms with Crippen LogP contribution >= 0.6 is 11.8 Å². The average Bonchev–Trinajstić information content (AvgIpc) is 2.78. The standard InChI is InChI=1S/C18H24N2O4S2/c1-13-12-25-16-6-5-14(11-15(16)19-18(13)22)26(23,24)10-7-17(21)20-8-3-2-4-9-20/h5-6,11,13H,2-4,7-10,12H2,1H3,(H,19,22). The van der Waals surface area contributed by atoms with E-state index >= 15 is 0 Å². The summed E-state index contributed by atoms with van der Waals surface area (Å²) in [5.74, 6) is 0.120. The van der Waals surface area contributed by atoms with Crippen LogP contribution in [0.15, 0.2) is 28.0 Å². The summed E-state index contributed by atoms with van der Waals surface area (Å²) in [4.78, 5) is 27.0. The van der Waals surface area contributed by atoms with Crippen molar-refractivity contribution in [1.82, 2.24) is 4.90 Å². The lowest BCUT2D eigenvalue weighted by molar-refractivity contribution is -0.131. The lowest BCUT2D eigenvalue weighted by Gasteiger charge is -2.26. The van der Waals surface area contributed by atoms with Gasteiger partial charge in [-0.1, -0.05) is 6.92 Å². The van der Waals surface area contributed by atoms with Gasteiger partial charge in [-0.25, -0.2) is 8.42 Å².